The number of carboxylic acid groups (broad SMARTS) is 1. The van der Waals surface area contributed by atoms with Gasteiger partial charge >= 0.3 is 5.97 Å². The van der Waals surface area contributed by atoms with Gasteiger partial charge in [-0.05, 0) is 35.7 Å². The topological polar surface area (TPSA) is 77.0 Å². The van der Waals surface area contributed by atoms with Crippen LogP contribution in [0.2, 0.25) is 0 Å². The summed E-state index contributed by atoms with van der Waals surface area (Å²) in [4.78, 5) is 11.2. The Balaban J connectivity index is 1.60. The predicted molar refractivity (Wildman–Crippen MR) is 114 cm³/mol. The van der Waals surface area contributed by atoms with Gasteiger partial charge in [0.25, 0.3) is 0 Å². The van der Waals surface area contributed by atoms with E-state index in [1.807, 2.05) is 48.5 Å². The number of rotatable bonds is 10. The van der Waals surface area contributed by atoms with Gasteiger partial charge < -0.3 is 19.3 Å². The number of thioether (sulfide) groups is 1. The quantitative estimate of drug-likeness (QED) is 0.453. The fourth-order valence-corrected chi connectivity index (χ4v) is 4.27. The van der Waals surface area contributed by atoms with Gasteiger partial charge in [-0.2, -0.15) is 0 Å². The number of nitrogens with one attached hydrogen (secondary N) is 1. The average Bonchev–Trinajstić information content (AvgIpc) is 3.23. The normalized spacial score (nSPS) is 18.2. The zero-order valence-electron chi connectivity index (χ0n) is 16.3. The highest BCUT2D eigenvalue weighted by Crippen LogP contribution is 2.37. The molecule has 2 atom stereocenters. The van der Waals surface area contributed by atoms with Crippen LogP contribution in [0.4, 0.5) is 0 Å². The molecule has 7 heteroatoms. The van der Waals surface area contributed by atoms with Crippen molar-refractivity contribution in [3.63, 3.8) is 0 Å². The molecule has 3 rings (SSSR count). The van der Waals surface area contributed by atoms with Crippen molar-refractivity contribution in [1.82, 2.24) is 5.32 Å². The monoisotopic (exact) mass is 415 g/mol. The van der Waals surface area contributed by atoms with E-state index in [0.29, 0.717) is 30.5 Å². The van der Waals surface area contributed by atoms with E-state index in [1.54, 1.807) is 18.9 Å². The SMILES string of the molecule is C=CCc1ccccc1OCCOc1cc(C2NC(C(=O)O)CS2)ccc1OC. The molecule has 0 radical (unpaired) electrons. The third-order valence-corrected chi connectivity index (χ3v) is 5.77. The number of aliphatic carboxylic acids is 1. The van der Waals surface area contributed by atoms with E-state index in [-0.39, 0.29) is 5.37 Å². The molecule has 2 N–H and O–H groups in total. The summed E-state index contributed by atoms with van der Waals surface area (Å²) < 4.78 is 17.2. The second kappa shape index (κ2) is 10.2. The van der Waals surface area contributed by atoms with Gasteiger partial charge in [0.2, 0.25) is 0 Å². The molecule has 2 unspecified atom stereocenters. The number of methoxy groups -OCH3 is 1. The van der Waals surface area contributed by atoms with Gasteiger partial charge in [-0.25, -0.2) is 0 Å². The molecule has 1 heterocycles. The van der Waals surface area contributed by atoms with Crippen LogP contribution in [-0.4, -0.2) is 43.2 Å². The first kappa shape index (κ1) is 21.1. The largest absolute Gasteiger partial charge is 0.493 e. The molecule has 1 saturated heterocycles. The lowest BCUT2D eigenvalue weighted by molar-refractivity contribution is -0.138. The van der Waals surface area contributed by atoms with Crippen molar-refractivity contribution in [2.75, 3.05) is 26.1 Å². The highest BCUT2D eigenvalue weighted by atomic mass is 32.2. The van der Waals surface area contributed by atoms with Gasteiger partial charge in [0.05, 0.1) is 12.5 Å². The van der Waals surface area contributed by atoms with Gasteiger partial charge in [0.15, 0.2) is 11.5 Å². The Labute approximate surface area is 174 Å². The van der Waals surface area contributed by atoms with E-state index >= 15 is 0 Å². The summed E-state index contributed by atoms with van der Waals surface area (Å²) in [5.41, 5.74) is 2.03. The molecule has 1 aliphatic rings. The van der Waals surface area contributed by atoms with Crippen molar-refractivity contribution >= 4 is 17.7 Å². The number of hydrogen-bond donors (Lipinski definition) is 2. The van der Waals surface area contributed by atoms with Crippen LogP contribution in [0.15, 0.2) is 55.1 Å². The maximum absolute atomic E-state index is 11.2. The number of benzene rings is 2. The first-order valence-electron chi connectivity index (χ1n) is 9.35. The fourth-order valence-electron chi connectivity index (χ4n) is 3.05. The van der Waals surface area contributed by atoms with Crippen molar-refractivity contribution in [3.8, 4) is 17.2 Å². The van der Waals surface area contributed by atoms with E-state index in [2.05, 4.69) is 11.9 Å². The molecule has 6 nitrogen and oxygen atoms in total. The summed E-state index contributed by atoms with van der Waals surface area (Å²) in [5, 5.41) is 12.2. The lowest BCUT2D eigenvalue weighted by atomic mass is 10.1. The molecule has 2 aromatic carbocycles. The lowest BCUT2D eigenvalue weighted by Gasteiger charge is -2.16. The molecule has 1 aliphatic heterocycles. The van der Waals surface area contributed by atoms with Gasteiger partial charge in [-0.1, -0.05) is 30.3 Å². The molecule has 0 saturated carbocycles. The molecule has 2 aromatic rings. The Hall–Kier alpha value is -2.64. The van der Waals surface area contributed by atoms with Crippen LogP contribution in [0.5, 0.6) is 17.2 Å². The molecule has 29 heavy (non-hydrogen) atoms. The maximum atomic E-state index is 11.2. The summed E-state index contributed by atoms with van der Waals surface area (Å²) in [6.45, 7) is 4.51. The zero-order valence-corrected chi connectivity index (χ0v) is 17.1. The number of allylic oxidation sites excluding steroid dienone is 1. The molecule has 0 aliphatic carbocycles. The van der Waals surface area contributed by atoms with Crippen molar-refractivity contribution in [1.29, 1.82) is 0 Å². The van der Waals surface area contributed by atoms with Gasteiger partial charge in [0.1, 0.15) is 25.0 Å². The van der Waals surface area contributed by atoms with Crippen LogP contribution in [-0.2, 0) is 11.2 Å². The third kappa shape index (κ3) is 5.46. The second-order valence-corrected chi connectivity index (χ2v) is 7.62. The minimum absolute atomic E-state index is 0.0913. The molecular formula is C22H25NO5S. The standard InChI is InChI=1S/C22H25NO5S/c1-3-6-15-7-4-5-8-18(15)27-11-12-28-20-13-16(9-10-19(20)26-2)21-23-17(14-29-21)22(24)25/h3-5,7-10,13,17,21,23H,1,6,11-12,14H2,2H3,(H,24,25). The Morgan fingerprint density at radius 1 is 1.21 bits per heavy atom. The predicted octanol–water partition coefficient (Wildman–Crippen LogP) is 3.67. The van der Waals surface area contributed by atoms with Crippen LogP contribution in [0.3, 0.4) is 0 Å². The van der Waals surface area contributed by atoms with E-state index in [1.165, 1.54) is 0 Å². The third-order valence-electron chi connectivity index (χ3n) is 4.51. The van der Waals surface area contributed by atoms with Crippen LogP contribution < -0.4 is 19.5 Å². The minimum atomic E-state index is -0.834. The van der Waals surface area contributed by atoms with Crippen molar-refractivity contribution in [3.05, 3.63) is 66.2 Å². The molecular weight excluding hydrogens is 390 g/mol. The zero-order chi connectivity index (χ0) is 20.6. The Kier molecular flexibility index (Phi) is 7.43. The maximum Gasteiger partial charge on any atom is 0.321 e. The first-order valence-corrected chi connectivity index (χ1v) is 10.4. The summed E-state index contributed by atoms with van der Waals surface area (Å²) in [7, 11) is 1.59. The number of para-hydroxylation sites is 1. The summed E-state index contributed by atoms with van der Waals surface area (Å²) >= 11 is 1.56. The lowest BCUT2D eigenvalue weighted by Crippen LogP contribution is -2.33. The average molecular weight is 416 g/mol. The Bertz CT molecular complexity index is 857. The smallest absolute Gasteiger partial charge is 0.321 e. The second-order valence-electron chi connectivity index (χ2n) is 6.48. The van der Waals surface area contributed by atoms with E-state index in [4.69, 9.17) is 19.3 Å². The van der Waals surface area contributed by atoms with Crippen molar-refractivity contribution in [2.24, 2.45) is 0 Å². The number of carbonyl (C=O) groups is 1. The van der Waals surface area contributed by atoms with Crippen molar-refractivity contribution in [2.45, 2.75) is 17.8 Å². The molecule has 154 valence electrons. The van der Waals surface area contributed by atoms with E-state index in [0.717, 1.165) is 23.3 Å². The highest BCUT2D eigenvalue weighted by Gasteiger charge is 2.30. The molecule has 0 aromatic heterocycles. The van der Waals surface area contributed by atoms with Gasteiger partial charge in [0, 0.05) is 5.75 Å². The molecule has 0 bridgehead atoms. The van der Waals surface area contributed by atoms with Gasteiger partial charge in [-0.15, -0.1) is 18.3 Å². The first-order chi connectivity index (χ1) is 14.1. The Morgan fingerprint density at radius 2 is 1.97 bits per heavy atom. The summed E-state index contributed by atoms with van der Waals surface area (Å²) in [6, 6.07) is 13.0. The highest BCUT2D eigenvalue weighted by molar-refractivity contribution is 7.99. The van der Waals surface area contributed by atoms with Crippen LogP contribution in [0, 0.1) is 0 Å². The van der Waals surface area contributed by atoms with Gasteiger partial charge in [-0.3, -0.25) is 10.1 Å². The number of hydrogen-bond acceptors (Lipinski definition) is 6. The van der Waals surface area contributed by atoms with Crippen molar-refractivity contribution < 1.29 is 24.1 Å². The van der Waals surface area contributed by atoms with Crippen LogP contribution >= 0.6 is 11.8 Å². The number of carboxylic acids is 1. The summed E-state index contributed by atoms with van der Waals surface area (Å²) in [5.74, 6) is 1.75. The van der Waals surface area contributed by atoms with E-state index in [9.17, 15) is 4.79 Å². The van der Waals surface area contributed by atoms with Crippen LogP contribution in [0.25, 0.3) is 0 Å². The van der Waals surface area contributed by atoms with E-state index < -0.39 is 12.0 Å². The number of ether oxygens (including phenoxy) is 3. The molecule has 0 amide bonds. The summed E-state index contributed by atoms with van der Waals surface area (Å²) in [6.07, 6.45) is 2.59. The Morgan fingerprint density at radius 3 is 2.66 bits per heavy atom. The fraction of sp³-hybridized carbons (Fsp3) is 0.318. The molecule has 0 spiro atoms. The minimum Gasteiger partial charge on any atom is -0.493 e. The van der Waals surface area contributed by atoms with Crippen LogP contribution in [0.1, 0.15) is 16.5 Å². The molecule has 1 fully saturated rings.